The van der Waals surface area contributed by atoms with Crippen molar-refractivity contribution in [1.29, 1.82) is 0 Å². The van der Waals surface area contributed by atoms with Crippen molar-refractivity contribution in [2.24, 2.45) is 29.4 Å². The summed E-state index contributed by atoms with van der Waals surface area (Å²) in [6.45, 7) is 3.16. The highest BCUT2D eigenvalue weighted by Gasteiger charge is 2.39. The molecule has 0 aromatic carbocycles. The van der Waals surface area contributed by atoms with E-state index in [2.05, 4.69) is 31.2 Å². The second kappa shape index (κ2) is 3.67. The molecule has 0 aliphatic heterocycles. The molecule has 13 heavy (non-hydrogen) atoms. The maximum absolute atomic E-state index is 5.46. The van der Waals surface area contributed by atoms with Gasteiger partial charge in [-0.25, -0.2) is 0 Å². The molecule has 0 spiro atoms. The standard InChI is InChI=1S/C12H19N/c1-9-10-5-6-11(8-10)12(9)4-2-3-7-13/h2,4-6,9-12H,3,7-8,13H2,1H3/b4-2+. The fourth-order valence-corrected chi connectivity index (χ4v) is 2.78. The van der Waals surface area contributed by atoms with Crippen LogP contribution in [0.1, 0.15) is 19.8 Å². The number of nitrogens with two attached hydrogens (primary N) is 1. The lowest BCUT2D eigenvalue weighted by molar-refractivity contribution is 0.402. The molecule has 2 aliphatic rings. The molecule has 0 amide bonds. The third-order valence-corrected chi connectivity index (χ3v) is 3.62. The van der Waals surface area contributed by atoms with Gasteiger partial charge in [-0.15, -0.1) is 0 Å². The molecule has 0 heterocycles. The van der Waals surface area contributed by atoms with Crippen LogP contribution in [0.2, 0.25) is 0 Å². The van der Waals surface area contributed by atoms with Gasteiger partial charge in [0.2, 0.25) is 0 Å². The SMILES string of the molecule is CC1C2C=CC(C2)C1/C=C/CCN. The van der Waals surface area contributed by atoms with Gasteiger partial charge in [-0.1, -0.05) is 31.2 Å². The Bertz CT molecular complexity index is 229. The molecule has 0 radical (unpaired) electrons. The number of allylic oxidation sites excluding steroid dienone is 3. The molecule has 4 unspecified atom stereocenters. The zero-order valence-corrected chi connectivity index (χ0v) is 8.32. The molecule has 72 valence electrons. The summed E-state index contributed by atoms with van der Waals surface area (Å²) in [6, 6.07) is 0. The zero-order valence-electron chi connectivity index (χ0n) is 8.32. The van der Waals surface area contributed by atoms with Crippen LogP contribution in [0.15, 0.2) is 24.3 Å². The van der Waals surface area contributed by atoms with Crippen LogP contribution in [0.25, 0.3) is 0 Å². The first-order valence-corrected chi connectivity index (χ1v) is 5.38. The maximum atomic E-state index is 5.46. The predicted octanol–water partition coefficient (Wildman–Crippen LogP) is 2.35. The van der Waals surface area contributed by atoms with Crippen LogP contribution in [-0.4, -0.2) is 6.54 Å². The van der Waals surface area contributed by atoms with Gasteiger partial charge in [-0.05, 0) is 43.1 Å². The average molecular weight is 177 g/mol. The number of rotatable bonds is 3. The Morgan fingerprint density at radius 3 is 2.77 bits per heavy atom. The molecule has 1 nitrogen and oxygen atoms in total. The monoisotopic (exact) mass is 177 g/mol. The minimum absolute atomic E-state index is 0.779. The van der Waals surface area contributed by atoms with Crippen LogP contribution < -0.4 is 5.73 Å². The molecule has 2 rings (SSSR count). The fourth-order valence-electron chi connectivity index (χ4n) is 2.78. The van der Waals surface area contributed by atoms with E-state index in [1.165, 1.54) is 6.42 Å². The minimum Gasteiger partial charge on any atom is -0.330 e. The Balaban J connectivity index is 1.97. The molecular formula is C12H19N. The Kier molecular flexibility index (Phi) is 2.54. The van der Waals surface area contributed by atoms with E-state index >= 15 is 0 Å². The molecule has 2 aliphatic carbocycles. The summed E-state index contributed by atoms with van der Waals surface area (Å²) in [4.78, 5) is 0. The van der Waals surface area contributed by atoms with Crippen LogP contribution in [0.3, 0.4) is 0 Å². The first kappa shape index (κ1) is 9.01. The van der Waals surface area contributed by atoms with Crippen molar-refractivity contribution in [2.75, 3.05) is 6.54 Å². The summed E-state index contributed by atoms with van der Waals surface area (Å²) in [5, 5.41) is 0. The van der Waals surface area contributed by atoms with Crippen LogP contribution in [0.5, 0.6) is 0 Å². The molecule has 2 N–H and O–H groups in total. The Hall–Kier alpha value is -0.560. The normalized spacial score (nSPS) is 42.3. The second-order valence-corrected chi connectivity index (χ2v) is 4.39. The van der Waals surface area contributed by atoms with Crippen molar-refractivity contribution < 1.29 is 0 Å². The topological polar surface area (TPSA) is 26.0 Å². The maximum Gasteiger partial charge on any atom is -0.00426 e. The van der Waals surface area contributed by atoms with Crippen LogP contribution in [0.4, 0.5) is 0 Å². The highest BCUT2D eigenvalue weighted by Crippen LogP contribution is 2.48. The van der Waals surface area contributed by atoms with Gasteiger partial charge in [0.1, 0.15) is 0 Å². The van der Waals surface area contributed by atoms with Crippen molar-refractivity contribution in [2.45, 2.75) is 19.8 Å². The smallest absolute Gasteiger partial charge is 0.00426 e. The van der Waals surface area contributed by atoms with E-state index in [0.29, 0.717) is 0 Å². The lowest BCUT2D eigenvalue weighted by Crippen LogP contribution is -2.14. The van der Waals surface area contributed by atoms with Crippen molar-refractivity contribution in [3.63, 3.8) is 0 Å². The van der Waals surface area contributed by atoms with Gasteiger partial charge in [0.05, 0.1) is 0 Å². The van der Waals surface area contributed by atoms with E-state index < -0.39 is 0 Å². The molecule has 1 saturated carbocycles. The fraction of sp³-hybridized carbons (Fsp3) is 0.667. The molecule has 4 atom stereocenters. The van der Waals surface area contributed by atoms with Crippen LogP contribution >= 0.6 is 0 Å². The Morgan fingerprint density at radius 1 is 1.38 bits per heavy atom. The molecule has 1 heteroatoms. The van der Waals surface area contributed by atoms with Crippen molar-refractivity contribution >= 4 is 0 Å². The molecule has 2 bridgehead atoms. The van der Waals surface area contributed by atoms with Crippen molar-refractivity contribution in [3.05, 3.63) is 24.3 Å². The summed E-state index contributed by atoms with van der Waals surface area (Å²) < 4.78 is 0. The summed E-state index contributed by atoms with van der Waals surface area (Å²) in [6.07, 6.45) is 11.9. The van der Waals surface area contributed by atoms with Gasteiger partial charge in [-0.3, -0.25) is 0 Å². The summed E-state index contributed by atoms with van der Waals surface area (Å²) in [7, 11) is 0. The zero-order chi connectivity index (χ0) is 9.26. The van der Waals surface area contributed by atoms with Gasteiger partial charge < -0.3 is 5.73 Å². The Labute approximate surface area is 80.7 Å². The molecule has 0 aromatic heterocycles. The van der Waals surface area contributed by atoms with Gasteiger partial charge >= 0.3 is 0 Å². The van der Waals surface area contributed by atoms with Gasteiger partial charge in [0, 0.05) is 0 Å². The lowest BCUT2D eigenvalue weighted by atomic mass is 9.84. The predicted molar refractivity (Wildman–Crippen MR) is 56.2 cm³/mol. The van der Waals surface area contributed by atoms with E-state index in [1.807, 2.05) is 0 Å². The summed E-state index contributed by atoms with van der Waals surface area (Å²) >= 11 is 0. The minimum atomic E-state index is 0.779. The third kappa shape index (κ3) is 1.58. The average Bonchev–Trinajstić information content (AvgIpc) is 2.69. The summed E-state index contributed by atoms with van der Waals surface area (Å²) in [5.41, 5.74) is 5.46. The summed E-state index contributed by atoms with van der Waals surface area (Å²) in [5.74, 6) is 3.33. The Morgan fingerprint density at radius 2 is 2.15 bits per heavy atom. The van der Waals surface area contributed by atoms with Crippen molar-refractivity contribution in [1.82, 2.24) is 0 Å². The molecule has 1 fully saturated rings. The van der Waals surface area contributed by atoms with Crippen molar-refractivity contribution in [3.8, 4) is 0 Å². The number of hydrogen-bond acceptors (Lipinski definition) is 1. The lowest BCUT2D eigenvalue weighted by Gasteiger charge is -2.21. The number of hydrogen-bond donors (Lipinski definition) is 1. The quantitative estimate of drug-likeness (QED) is 0.658. The first-order chi connectivity index (χ1) is 6.33. The number of fused-ring (bicyclic) bond motifs is 2. The largest absolute Gasteiger partial charge is 0.330 e. The molecular weight excluding hydrogens is 158 g/mol. The first-order valence-electron chi connectivity index (χ1n) is 5.38. The van der Waals surface area contributed by atoms with Gasteiger partial charge in [0.25, 0.3) is 0 Å². The van der Waals surface area contributed by atoms with E-state index in [0.717, 1.165) is 36.6 Å². The third-order valence-electron chi connectivity index (χ3n) is 3.62. The highest BCUT2D eigenvalue weighted by atomic mass is 14.5. The van der Waals surface area contributed by atoms with E-state index in [1.54, 1.807) is 0 Å². The van der Waals surface area contributed by atoms with Gasteiger partial charge in [-0.2, -0.15) is 0 Å². The van der Waals surface area contributed by atoms with E-state index in [-0.39, 0.29) is 0 Å². The van der Waals surface area contributed by atoms with Crippen LogP contribution in [-0.2, 0) is 0 Å². The molecule has 0 aromatic rings. The van der Waals surface area contributed by atoms with E-state index in [4.69, 9.17) is 5.73 Å². The van der Waals surface area contributed by atoms with Gasteiger partial charge in [0.15, 0.2) is 0 Å². The molecule has 0 saturated heterocycles. The highest BCUT2D eigenvalue weighted by molar-refractivity contribution is 5.16. The second-order valence-electron chi connectivity index (χ2n) is 4.39. The van der Waals surface area contributed by atoms with Crippen LogP contribution in [0, 0.1) is 23.7 Å². The van der Waals surface area contributed by atoms with E-state index in [9.17, 15) is 0 Å².